The van der Waals surface area contributed by atoms with Crippen LogP contribution < -0.4 is 0 Å². The maximum absolute atomic E-state index is 13.6. The number of allylic oxidation sites excluding steroid dienone is 1. The van der Waals surface area contributed by atoms with E-state index in [4.69, 9.17) is 0 Å². The van der Waals surface area contributed by atoms with E-state index in [1.165, 1.54) is 34.3 Å². The zero-order chi connectivity index (χ0) is 18.4. The van der Waals surface area contributed by atoms with Crippen molar-refractivity contribution in [3.8, 4) is 0 Å². The summed E-state index contributed by atoms with van der Waals surface area (Å²) >= 11 is 0. The predicted molar refractivity (Wildman–Crippen MR) is 103 cm³/mol. The van der Waals surface area contributed by atoms with Gasteiger partial charge in [-0.2, -0.15) is 0 Å². The minimum Gasteiger partial charge on any atom is -0.318 e. The van der Waals surface area contributed by atoms with Crippen LogP contribution in [0.15, 0.2) is 36.4 Å². The van der Waals surface area contributed by atoms with Gasteiger partial charge in [0.05, 0.1) is 5.52 Å². The van der Waals surface area contributed by atoms with E-state index in [1.807, 2.05) is 13.1 Å². The number of hydrogen-bond donors (Lipinski definition) is 0. The highest BCUT2D eigenvalue weighted by atomic mass is 19.2. The highest BCUT2D eigenvalue weighted by Gasteiger charge is 2.21. The van der Waals surface area contributed by atoms with Crippen molar-refractivity contribution < 1.29 is 8.78 Å². The van der Waals surface area contributed by atoms with Crippen LogP contribution in [0.2, 0.25) is 0 Å². The molecule has 2 aromatic carbocycles. The lowest BCUT2D eigenvalue weighted by atomic mass is 10.0. The van der Waals surface area contributed by atoms with E-state index in [0.717, 1.165) is 30.6 Å². The van der Waals surface area contributed by atoms with Gasteiger partial charge in [0, 0.05) is 30.4 Å². The number of nitrogens with zero attached hydrogens (tertiary/aromatic N) is 2. The molecule has 0 amide bonds. The third-order valence-electron chi connectivity index (χ3n) is 5.24. The first kappa shape index (κ1) is 17.0. The fourth-order valence-corrected chi connectivity index (χ4v) is 3.79. The van der Waals surface area contributed by atoms with Gasteiger partial charge in [-0.15, -0.1) is 0 Å². The highest BCUT2D eigenvalue weighted by molar-refractivity contribution is 5.90. The van der Waals surface area contributed by atoms with Gasteiger partial charge in [0.15, 0.2) is 11.6 Å². The van der Waals surface area contributed by atoms with Gasteiger partial charge in [0.25, 0.3) is 0 Å². The summed E-state index contributed by atoms with van der Waals surface area (Å²) in [6, 6.07) is 10.6. The number of rotatable bonds is 2. The van der Waals surface area contributed by atoms with Crippen molar-refractivity contribution in [1.29, 1.82) is 0 Å². The van der Waals surface area contributed by atoms with Crippen LogP contribution >= 0.6 is 0 Å². The number of hydrogen-bond acceptors (Lipinski definition) is 1. The Morgan fingerprint density at radius 2 is 1.88 bits per heavy atom. The standard InChI is InChI=1S/C22H22F2N2/c1-14-4-7-21-18(10-14)17-8-9-25(3)13-22(17)26(21)12-15(2)16-5-6-19(23)20(24)11-16/h4-7,10-12H,8-9,13H2,1-3H3/b15-12+. The van der Waals surface area contributed by atoms with E-state index in [-0.39, 0.29) is 0 Å². The molecule has 1 aromatic heterocycles. The summed E-state index contributed by atoms with van der Waals surface area (Å²) in [6.45, 7) is 5.97. The van der Waals surface area contributed by atoms with E-state index < -0.39 is 11.6 Å². The fourth-order valence-electron chi connectivity index (χ4n) is 3.79. The second kappa shape index (κ2) is 6.36. The molecule has 0 fully saturated rings. The van der Waals surface area contributed by atoms with Gasteiger partial charge in [-0.3, -0.25) is 0 Å². The normalized spacial score (nSPS) is 15.5. The Morgan fingerprint density at radius 1 is 1.08 bits per heavy atom. The number of halogens is 2. The molecule has 1 aliphatic rings. The monoisotopic (exact) mass is 352 g/mol. The van der Waals surface area contributed by atoms with Crippen LogP contribution in [0.3, 0.4) is 0 Å². The molecule has 0 radical (unpaired) electrons. The number of benzene rings is 2. The molecule has 0 atom stereocenters. The van der Waals surface area contributed by atoms with Gasteiger partial charge < -0.3 is 9.47 Å². The van der Waals surface area contributed by atoms with Crippen molar-refractivity contribution in [3.63, 3.8) is 0 Å². The van der Waals surface area contributed by atoms with Gasteiger partial charge >= 0.3 is 0 Å². The molecule has 4 rings (SSSR count). The molecule has 0 aliphatic carbocycles. The first-order valence-electron chi connectivity index (χ1n) is 8.88. The Bertz CT molecular complexity index is 1030. The summed E-state index contributed by atoms with van der Waals surface area (Å²) in [5.74, 6) is -1.63. The Balaban J connectivity index is 1.90. The Hall–Kier alpha value is -2.46. The molecule has 26 heavy (non-hydrogen) atoms. The molecule has 0 saturated heterocycles. The Labute approximate surface area is 152 Å². The molecule has 2 nitrogen and oxygen atoms in total. The van der Waals surface area contributed by atoms with Crippen LogP contribution in [-0.4, -0.2) is 23.1 Å². The molecule has 3 aromatic rings. The Kier molecular flexibility index (Phi) is 4.16. The summed E-state index contributed by atoms with van der Waals surface area (Å²) in [7, 11) is 2.13. The van der Waals surface area contributed by atoms with E-state index in [0.29, 0.717) is 5.56 Å². The van der Waals surface area contributed by atoms with Gasteiger partial charge in [0.1, 0.15) is 0 Å². The van der Waals surface area contributed by atoms with Crippen LogP contribution in [0.5, 0.6) is 0 Å². The second-order valence-corrected chi connectivity index (χ2v) is 7.24. The van der Waals surface area contributed by atoms with E-state index in [9.17, 15) is 8.78 Å². The maximum Gasteiger partial charge on any atom is 0.159 e. The zero-order valence-corrected chi connectivity index (χ0v) is 15.3. The van der Waals surface area contributed by atoms with Crippen molar-refractivity contribution in [2.75, 3.05) is 13.6 Å². The molecule has 0 spiro atoms. The fraction of sp³-hybridized carbons (Fsp3) is 0.273. The first-order valence-corrected chi connectivity index (χ1v) is 8.88. The smallest absolute Gasteiger partial charge is 0.159 e. The average molecular weight is 352 g/mol. The first-order chi connectivity index (χ1) is 12.4. The van der Waals surface area contributed by atoms with Crippen LogP contribution in [0, 0.1) is 18.6 Å². The van der Waals surface area contributed by atoms with Crippen molar-refractivity contribution in [2.24, 2.45) is 0 Å². The third kappa shape index (κ3) is 2.84. The van der Waals surface area contributed by atoms with Gasteiger partial charge in [-0.25, -0.2) is 8.78 Å². The third-order valence-corrected chi connectivity index (χ3v) is 5.24. The topological polar surface area (TPSA) is 8.17 Å². The quantitative estimate of drug-likeness (QED) is 0.613. The summed E-state index contributed by atoms with van der Waals surface area (Å²) in [4.78, 5) is 2.31. The van der Waals surface area contributed by atoms with Crippen LogP contribution in [0.25, 0.3) is 22.7 Å². The lowest BCUT2D eigenvalue weighted by molar-refractivity contribution is 0.308. The van der Waals surface area contributed by atoms with Gasteiger partial charge in [0.2, 0.25) is 0 Å². The molecule has 0 N–H and O–H groups in total. The molecular weight excluding hydrogens is 330 g/mol. The molecule has 0 unspecified atom stereocenters. The Morgan fingerprint density at radius 3 is 2.65 bits per heavy atom. The van der Waals surface area contributed by atoms with Gasteiger partial charge in [-0.1, -0.05) is 17.7 Å². The van der Waals surface area contributed by atoms with Crippen molar-refractivity contribution in [3.05, 3.63) is 70.4 Å². The van der Waals surface area contributed by atoms with E-state index in [1.54, 1.807) is 6.07 Å². The molecule has 2 heterocycles. The molecular formula is C22H22F2N2. The largest absolute Gasteiger partial charge is 0.318 e. The van der Waals surface area contributed by atoms with Crippen molar-refractivity contribution in [1.82, 2.24) is 9.47 Å². The lowest BCUT2D eigenvalue weighted by Gasteiger charge is -2.24. The number of fused-ring (bicyclic) bond motifs is 3. The van der Waals surface area contributed by atoms with Crippen LogP contribution in [0.1, 0.15) is 29.3 Å². The van der Waals surface area contributed by atoms with E-state index >= 15 is 0 Å². The molecule has 0 bridgehead atoms. The summed E-state index contributed by atoms with van der Waals surface area (Å²) in [5, 5.41) is 1.29. The average Bonchev–Trinajstić information content (AvgIpc) is 2.89. The highest BCUT2D eigenvalue weighted by Crippen LogP contribution is 2.32. The second-order valence-electron chi connectivity index (χ2n) is 7.24. The number of aryl methyl sites for hydroxylation is 1. The van der Waals surface area contributed by atoms with Crippen molar-refractivity contribution >= 4 is 22.7 Å². The van der Waals surface area contributed by atoms with Crippen molar-refractivity contribution in [2.45, 2.75) is 26.8 Å². The molecule has 4 heteroatoms. The minimum absolute atomic E-state index is 0.691. The summed E-state index contributed by atoms with van der Waals surface area (Å²) in [5.41, 5.74) is 6.68. The number of aromatic nitrogens is 1. The lowest BCUT2D eigenvalue weighted by Crippen LogP contribution is -2.27. The predicted octanol–water partition coefficient (Wildman–Crippen LogP) is 5.23. The summed E-state index contributed by atoms with van der Waals surface area (Å²) in [6.07, 6.45) is 3.07. The van der Waals surface area contributed by atoms with E-state index in [2.05, 4.69) is 41.6 Å². The molecule has 1 aliphatic heterocycles. The zero-order valence-electron chi connectivity index (χ0n) is 15.3. The van der Waals surface area contributed by atoms with Crippen LogP contribution in [0.4, 0.5) is 8.78 Å². The van der Waals surface area contributed by atoms with Crippen LogP contribution in [-0.2, 0) is 13.0 Å². The maximum atomic E-state index is 13.6. The molecule has 134 valence electrons. The molecule has 0 saturated carbocycles. The minimum atomic E-state index is -0.817. The number of likely N-dealkylation sites (N-methyl/N-ethyl adjacent to an activating group) is 1. The van der Waals surface area contributed by atoms with Gasteiger partial charge in [-0.05, 0) is 68.3 Å². The SMILES string of the molecule is C/C(=C\n1c2c(c3cc(C)ccc31)CCN(C)C2)c1ccc(F)c(F)c1. The summed E-state index contributed by atoms with van der Waals surface area (Å²) < 4.78 is 29.1.